The van der Waals surface area contributed by atoms with Crippen LogP contribution in [0.25, 0.3) is 0 Å². The summed E-state index contributed by atoms with van der Waals surface area (Å²) in [6.45, 7) is 1.56. The van der Waals surface area contributed by atoms with Gasteiger partial charge in [-0.3, -0.25) is 0 Å². The van der Waals surface area contributed by atoms with Gasteiger partial charge in [0.2, 0.25) is 0 Å². The van der Waals surface area contributed by atoms with E-state index in [2.05, 4.69) is 0 Å². The molecular formula is C16H16O2Se. The number of carbonyl (C=O) groups excluding carboxylic acids is 1. The molecule has 3 heteroatoms. The van der Waals surface area contributed by atoms with Gasteiger partial charge in [-0.25, -0.2) is 0 Å². The van der Waals surface area contributed by atoms with Crippen molar-refractivity contribution in [1.82, 2.24) is 0 Å². The fourth-order valence-electron chi connectivity index (χ4n) is 1.84. The molecule has 0 radical (unpaired) electrons. The molecule has 0 saturated heterocycles. The van der Waals surface area contributed by atoms with Gasteiger partial charge in [0.15, 0.2) is 0 Å². The minimum absolute atomic E-state index is 0.0419. The topological polar surface area (TPSA) is 37.3 Å². The molecule has 2 aromatic rings. The number of aliphatic hydroxyl groups is 1. The van der Waals surface area contributed by atoms with Crippen LogP contribution in [0.1, 0.15) is 18.6 Å². The van der Waals surface area contributed by atoms with Gasteiger partial charge in [0.05, 0.1) is 0 Å². The third-order valence-electron chi connectivity index (χ3n) is 2.83. The summed E-state index contributed by atoms with van der Waals surface area (Å²) in [6, 6.07) is 19.3. The molecule has 0 saturated carbocycles. The molecule has 0 unspecified atom stereocenters. The molecule has 0 aromatic heterocycles. The molecule has 2 atom stereocenters. The van der Waals surface area contributed by atoms with Crippen LogP contribution in [0.15, 0.2) is 60.7 Å². The maximum atomic E-state index is 11.8. The number of hydrogen-bond acceptors (Lipinski definition) is 2. The summed E-state index contributed by atoms with van der Waals surface area (Å²) in [6.07, 6.45) is -0.723. The molecule has 2 rings (SSSR count). The van der Waals surface area contributed by atoms with Crippen molar-refractivity contribution in [3.05, 3.63) is 66.2 Å². The number of benzene rings is 2. The first-order chi connectivity index (χ1) is 9.18. The predicted molar refractivity (Wildman–Crippen MR) is 77.7 cm³/mol. The van der Waals surface area contributed by atoms with Crippen LogP contribution in [0.3, 0.4) is 0 Å². The average molecular weight is 319 g/mol. The van der Waals surface area contributed by atoms with Crippen LogP contribution < -0.4 is 4.46 Å². The molecule has 19 heavy (non-hydrogen) atoms. The number of Topliss-reactive ketones (excluding diaryl/α,β-unsaturated/α-hetero) is 1. The van der Waals surface area contributed by atoms with Crippen LogP contribution in [0.4, 0.5) is 0 Å². The number of carbonyl (C=O) groups is 1. The zero-order valence-corrected chi connectivity index (χ0v) is 12.4. The third kappa shape index (κ3) is 3.77. The first-order valence-corrected chi connectivity index (χ1v) is 7.98. The Balaban J connectivity index is 2.19. The Labute approximate surface area is 119 Å². The Morgan fingerprint density at radius 1 is 1.00 bits per heavy atom. The fourth-order valence-corrected chi connectivity index (χ4v) is 4.06. The van der Waals surface area contributed by atoms with E-state index in [0.717, 1.165) is 10.0 Å². The molecule has 0 amide bonds. The summed E-state index contributed by atoms with van der Waals surface area (Å²) in [4.78, 5) is 11.5. The van der Waals surface area contributed by atoms with E-state index in [1.54, 1.807) is 6.92 Å². The molecule has 0 aliphatic rings. The molecule has 0 aliphatic heterocycles. The van der Waals surface area contributed by atoms with Gasteiger partial charge in [0, 0.05) is 0 Å². The van der Waals surface area contributed by atoms with Crippen molar-refractivity contribution >= 4 is 25.2 Å². The van der Waals surface area contributed by atoms with Crippen molar-refractivity contribution in [2.75, 3.05) is 0 Å². The van der Waals surface area contributed by atoms with Gasteiger partial charge in [0.25, 0.3) is 0 Å². The minimum atomic E-state index is -0.723. The number of aliphatic hydroxyl groups excluding tert-OH is 1. The van der Waals surface area contributed by atoms with Crippen molar-refractivity contribution < 1.29 is 9.90 Å². The summed E-state index contributed by atoms with van der Waals surface area (Å²) in [7, 11) is 0. The molecule has 1 N–H and O–H groups in total. The molecule has 0 heterocycles. The summed E-state index contributed by atoms with van der Waals surface area (Å²) in [5.74, 6) is 0.0419. The first-order valence-electron chi connectivity index (χ1n) is 6.13. The van der Waals surface area contributed by atoms with Crippen molar-refractivity contribution in [1.29, 1.82) is 0 Å². The quantitative estimate of drug-likeness (QED) is 0.857. The second-order valence-corrected chi connectivity index (χ2v) is 6.87. The molecule has 2 nitrogen and oxygen atoms in total. The summed E-state index contributed by atoms with van der Waals surface area (Å²) in [5, 5.41) is 10.4. The van der Waals surface area contributed by atoms with Gasteiger partial charge >= 0.3 is 119 Å². The monoisotopic (exact) mass is 320 g/mol. The zero-order chi connectivity index (χ0) is 13.7. The normalized spacial score (nSPS) is 13.8. The maximum absolute atomic E-state index is 11.8. The fraction of sp³-hybridized carbons (Fsp3) is 0.188. The van der Waals surface area contributed by atoms with E-state index >= 15 is 0 Å². The van der Waals surface area contributed by atoms with Crippen LogP contribution in [0.2, 0.25) is 4.82 Å². The van der Waals surface area contributed by atoms with Crippen LogP contribution in [0, 0.1) is 0 Å². The third-order valence-corrected chi connectivity index (χ3v) is 5.75. The Morgan fingerprint density at radius 2 is 1.53 bits per heavy atom. The van der Waals surface area contributed by atoms with Crippen LogP contribution in [0.5, 0.6) is 0 Å². The van der Waals surface area contributed by atoms with E-state index in [1.165, 1.54) is 0 Å². The molecule has 0 bridgehead atoms. The van der Waals surface area contributed by atoms with Crippen LogP contribution >= 0.6 is 0 Å². The zero-order valence-electron chi connectivity index (χ0n) is 10.7. The van der Waals surface area contributed by atoms with Gasteiger partial charge in [0.1, 0.15) is 0 Å². The SMILES string of the molecule is CC(=O)[C@H]([Se]c1ccccc1)[C@@H](O)c1ccccc1. The predicted octanol–water partition coefficient (Wildman–Crippen LogP) is 2.13. The van der Waals surface area contributed by atoms with Crippen molar-refractivity contribution in [3.63, 3.8) is 0 Å². The summed E-state index contributed by atoms with van der Waals surface area (Å²) >= 11 is -0.0671. The average Bonchev–Trinajstić information content (AvgIpc) is 2.46. The Kier molecular flexibility index (Phi) is 4.92. The van der Waals surface area contributed by atoms with E-state index in [9.17, 15) is 9.90 Å². The number of rotatable bonds is 5. The van der Waals surface area contributed by atoms with Gasteiger partial charge < -0.3 is 0 Å². The molecule has 0 spiro atoms. The van der Waals surface area contributed by atoms with E-state index in [-0.39, 0.29) is 25.6 Å². The Bertz CT molecular complexity index is 525. The van der Waals surface area contributed by atoms with E-state index in [4.69, 9.17) is 0 Å². The number of ketones is 1. The second kappa shape index (κ2) is 6.67. The molecule has 2 aromatic carbocycles. The van der Waals surface area contributed by atoms with Gasteiger partial charge in [-0.15, -0.1) is 0 Å². The van der Waals surface area contributed by atoms with Crippen LogP contribution in [-0.2, 0) is 4.79 Å². The van der Waals surface area contributed by atoms with E-state index < -0.39 is 6.10 Å². The number of hydrogen-bond donors (Lipinski definition) is 1. The van der Waals surface area contributed by atoms with Gasteiger partial charge in [-0.1, -0.05) is 0 Å². The molecular weight excluding hydrogens is 303 g/mol. The second-order valence-electron chi connectivity index (χ2n) is 4.32. The molecule has 0 fully saturated rings. The van der Waals surface area contributed by atoms with Crippen molar-refractivity contribution in [2.45, 2.75) is 17.8 Å². The van der Waals surface area contributed by atoms with Gasteiger partial charge in [-0.05, 0) is 0 Å². The van der Waals surface area contributed by atoms with Crippen LogP contribution in [-0.4, -0.2) is 25.8 Å². The van der Waals surface area contributed by atoms with E-state index in [1.807, 2.05) is 60.7 Å². The molecule has 0 aliphatic carbocycles. The summed E-state index contributed by atoms with van der Waals surface area (Å²) in [5.41, 5.74) is 0.806. The summed E-state index contributed by atoms with van der Waals surface area (Å²) < 4.78 is 1.13. The van der Waals surface area contributed by atoms with Gasteiger partial charge in [-0.2, -0.15) is 0 Å². The van der Waals surface area contributed by atoms with E-state index in [0.29, 0.717) is 0 Å². The first kappa shape index (κ1) is 14.0. The Morgan fingerprint density at radius 3 is 2.05 bits per heavy atom. The Hall–Kier alpha value is -1.41. The standard InChI is InChI=1S/C16H16O2Se/c1-12(17)16(19-14-10-6-3-7-11-14)15(18)13-8-4-2-5-9-13/h2-11,15-16,18H,1H3/t15-,16-/m0/s1. The van der Waals surface area contributed by atoms with Crippen molar-refractivity contribution in [3.8, 4) is 0 Å². The van der Waals surface area contributed by atoms with Crippen molar-refractivity contribution in [2.24, 2.45) is 0 Å². The molecule has 98 valence electrons.